The standard InChI is InChI=1S/C17H15ClN2O2S/c1-22-16-7-6-14(18)8-15(16)20-17(21)11-23-10-13-5-3-2-4-12(13)9-19/h2-8H,10-11H2,1H3,(H,20,21). The summed E-state index contributed by atoms with van der Waals surface area (Å²) in [6, 6.07) is 14.6. The van der Waals surface area contributed by atoms with Crippen molar-refractivity contribution in [3.63, 3.8) is 0 Å². The maximum Gasteiger partial charge on any atom is 0.234 e. The summed E-state index contributed by atoms with van der Waals surface area (Å²) < 4.78 is 5.19. The molecule has 0 aliphatic carbocycles. The predicted molar refractivity (Wildman–Crippen MR) is 94.0 cm³/mol. The number of nitriles is 1. The maximum absolute atomic E-state index is 12.0. The third kappa shape index (κ3) is 4.92. The SMILES string of the molecule is COc1ccc(Cl)cc1NC(=O)CSCc1ccccc1C#N. The summed E-state index contributed by atoms with van der Waals surface area (Å²) in [4.78, 5) is 12.0. The highest BCUT2D eigenvalue weighted by atomic mass is 35.5. The third-order valence-electron chi connectivity index (χ3n) is 3.06. The Morgan fingerprint density at radius 3 is 2.87 bits per heavy atom. The minimum absolute atomic E-state index is 0.148. The number of carbonyl (C=O) groups is 1. The lowest BCUT2D eigenvalue weighted by Gasteiger charge is -2.10. The Balaban J connectivity index is 1.91. The molecular formula is C17H15ClN2O2S. The second-order valence-corrected chi connectivity index (χ2v) is 6.08. The van der Waals surface area contributed by atoms with Crippen LogP contribution < -0.4 is 10.1 Å². The van der Waals surface area contributed by atoms with Crippen LogP contribution in [0.1, 0.15) is 11.1 Å². The fourth-order valence-corrected chi connectivity index (χ4v) is 2.98. The number of anilines is 1. The van der Waals surface area contributed by atoms with Gasteiger partial charge in [0.2, 0.25) is 5.91 Å². The van der Waals surface area contributed by atoms with Crippen LogP contribution in [0.3, 0.4) is 0 Å². The lowest BCUT2D eigenvalue weighted by atomic mass is 10.1. The number of hydrogen-bond donors (Lipinski definition) is 1. The molecule has 0 saturated heterocycles. The highest BCUT2D eigenvalue weighted by molar-refractivity contribution is 7.99. The van der Waals surface area contributed by atoms with Crippen LogP contribution in [0.15, 0.2) is 42.5 Å². The monoisotopic (exact) mass is 346 g/mol. The first-order valence-electron chi connectivity index (χ1n) is 6.83. The van der Waals surface area contributed by atoms with E-state index >= 15 is 0 Å². The molecule has 118 valence electrons. The van der Waals surface area contributed by atoms with Crippen molar-refractivity contribution >= 4 is 35.0 Å². The van der Waals surface area contributed by atoms with Crippen LogP contribution in [0.2, 0.25) is 5.02 Å². The van der Waals surface area contributed by atoms with Crippen molar-refractivity contribution in [2.45, 2.75) is 5.75 Å². The lowest BCUT2D eigenvalue weighted by molar-refractivity contribution is -0.113. The number of carbonyl (C=O) groups excluding carboxylic acids is 1. The second-order valence-electron chi connectivity index (χ2n) is 4.65. The van der Waals surface area contributed by atoms with Gasteiger partial charge in [0.05, 0.1) is 30.2 Å². The number of halogens is 1. The Labute approximate surface area is 144 Å². The molecule has 1 N–H and O–H groups in total. The smallest absolute Gasteiger partial charge is 0.234 e. The third-order valence-corrected chi connectivity index (χ3v) is 4.28. The van der Waals surface area contributed by atoms with Gasteiger partial charge in [-0.15, -0.1) is 11.8 Å². The molecule has 1 amide bonds. The molecule has 4 nitrogen and oxygen atoms in total. The van der Waals surface area contributed by atoms with E-state index in [1.807, 2.05) is 18.2 Å². The molecule has 0 heterocycles. The molecule has 0 atom stereocenters. The number of benzene rings is 2. The van der Waals surface area contributed by atoms with Crippen LogP contribution >= 0.6 is 23.4 Å². The van der Waals surface area contributed by atoms with Crippen LogP contribution in [-0.2, 0) is 10.5 Å². The first kappa shape index (κ1) is 17.2. The summed E-state index contributed by atoms with van der Waals surface area (Å²) in [6.07, 6.45) is 0. The van der Waals surface area contributed by atoms with Gasteiger partial charge in [-0.2, -0.15) is 5.26 Å². The van der Waals surface area contributed by atoms with Gasteiger partial charge in [0, 0.05) is 10.8 Å². The van der Waals surface area contributed by atoms with E-state index in [2.05, 4.69) is 11.4 Å². The zero-order chi connectivity index (χ0) is 16.7. The summed E-state index contributed by atoms with van der Waals surface area (Å²) in [7, 11) is 1.53. The van der Waals surface area contributed by atoms with Crippen LogP contribution in [0.25, 0.3) is 0 Å². The van der Waals surface area contributed by atoms with Crippen LogP contribution in [-0.4, -0.2) is 18.8 Å². The van der Waals surface area contributed by atoms with E-state index in [9.17, 15) is 4.79 Å². The molecule has 0 radical (unpaired) electrons. The summed E-state index contributed by atoms with van der Waals surface area (Å²) in [5, 5.41) is 12.3. The summed E-state index contributed by atoms with van der Waals surface area (Å²) in [6.45, 7) is 0. The predicted octanol–water partition coefficient (Wildman–Crippen LogP) is 4.09. The molecule has 23 heavy (non-hydrogen) atoms. The van der Waals surface area contributed by atoms with Crippen molar-refractivity contribution in [1.29, 1.82) is 5.26 Å². The molecule has 0 bridgehead atoms. The maximum atomic E-state index is 12.0. The molecule has 2 rings (SSSR count). The minimum Gasteiger partial charge on any atom is -0.495 e. The van der Waals surface area contributed by atoms with Crippen molar-refractivity contribution in [3.8, 4) is 11.8 Å². The first-order chi connectivity index (χ1) is 11.1. The van der Waals surface area contributed by atoms with Gasteiger partial charge in [0.15, 0.2) is 0 Å². The quantitative estimate of drug-likeness (QED) is 0.855. The van der Waals surface area contributed by atoms with E-state index in [0.717, 1.165) is 5.56 Å². The number of methoxy groups -OCH3 is 1. The van der Waals surface area contributed by atoms with Crippen LogP contribution in [0, 0.1) is 11.3 Å². The normalized spacial score (nSPS) is 9.96. The fraction of sp³-hybridized carbons (Fsp3) is 0.176. The van der Waals surface area contributed by atoms with Gasteiger partial charge in [-0.1, -0.05) is 29.8 Å². The molecule has 6 heteroatoms. The topological polar surface area (TPSA) is 62.1 Å². The first-order valence-corrected chi connectivity index (χ1v) is 8.36. The number of amides is 1. The van der Waals surface area contributed by atoms with E-state index < -0.39 is 0 Å². The molecule has 0 aliphatic rings. The van der Waals surface area contributed by atoms with Gasteiger partial charge >= 0.3 is 0 Å². The van der Waals surface area contributed by atoms with Crippen molar-refractivity contribution in [3.05, 3.63) is 58.6 Å². The molecule has 2 aromatic carbocycles. The Hall–Kier alpha value is -2.16. The van der Waals surface area contributed by atoms with E-state index in [-0.39, 0.29) is 11.7 Å². The van der Waals surface area contributed by atoms with E-state index in [1.165, 1.54) is 18.9 Å². The Morgan fingerprint density at radius 1 is 1.35 bits per heavy atom. The van der Waals surface area contributed by atoms with Crippen LogP contribution in [0.4, 0.5) is 5.69 Å². The van der Waals surface area contributed by atoms with E-state index in [1.54, 1.807) is 24.3 Å². The highest BCUT2D eigenvalue weighted by Crippen LogP contribution is 2.28. The second kappa shape index (κ2) is 8.47. The molecular weight excluding hydrogens is 332 g/mol. The molecule has 0 aliphatic heterocycles. The largest absolute Gasteiger partial charge is 0.495 e. The Morgan fingerprint density at radius 2 is 2.13 bits per heavy atom. The van der Waals surface area contributed by atoms with Gasteiger partial charge in [-0.3, -0.25) is 4.79 Å². The highest BCUT2D eigenvalue weighted by Gasteiger charge is 2.09. The summed E-state index contributed by atoms with van der Waals surface area (Å²) >= 11 is 7.38. The van der Waals surface area contributed by atoms with Gasteiger partial charge in [-0.25, -0.2) is 0 Å². The molecule has 0 aromatic heterocycles. The Kier molecular flexibility index (Phi) is 6.33. The van der Waals surface area contributed by atoms with Crippen molar-refractivity contribution in [1.82, 2.24) is 0 Å². The zero-order valence-electron chi connectivity index (χ0n) is 12.5. The van der Waals surface area contributed by atoms with Crippen molar-refractivity contribution in [2.24, 2.45) is 0 Å². The average molecular weight is 347 g/mol. The zero-order valence-corrected chi connectivity index (χ0v) is 14.1. The summed E-state index contributed by atoms with van der Waals surface area (Å²) in [5.74, 6) is 1.28. The molecule has 0 saturated carbocycles. The number of nitrogens with zero attached hydrogens (tertiary/aromatic N) is 1. The number of ether oxygens (including phenoxy) is 1. The average Bonchev–Trinajstić information content (AvgIpc) is 2.55. The van der Waals surface area contributed by atoms with E-state index in [4.69, 9.17) is 21.6 Å². The van der Waals surface area contributed by atoms with Gasteiger partial charge in [0.1, 0.15) is 5.75 Å². The molecule has 2 aromatic rings. The van der Waals surface area contributed by atoms with Gasteiger partial charge in [0.25, 0.3) is 0 Å². The lowest BCUT2D eigenvalue weighted by Crippen LogP contribution is -2.15. The molecule has 0 spiro atoms. The van der Waals surface area contributed by atoms with Gasteiger partial charge in [-0.05, 0) is 29.8 Å². The molecule has 0 unspecified atom stereocenters. The number of thioether (sulfide) groups is 1. The molecule has 0 fully saturated rings. The minimum atomic E-state index is -0.148. The van der Waals surface area contributed by atoms with Gasteiger partial charge < -0.3 is 10.1 Å². The number of rotatable bonds is 6. The fourth-order valence-electron chi connectivity index (χ4n) is 1.97. The number of nitrogens with one attached hydrogen (secondary N) is 1. The number of hydrogen-bond acceptors (Lipinski definition) is 4. The Bertz CT molecular complexity index is 744. The van der Waals surface area contributed by atoms with Crippen LogP contribution in [0.5, 0.6) is 5.75 Å². The van der Waals surface area contributed by atoms with Crippen molar-refractivity contribution < 1.29 is 9.53 Å². The summed E-state index contributed by atoms with van der Waals surface area (Å²) in [5.41, 5.74) is 2.10. The van der Waals surface area contributed by atoms with E-state index in [0.29, 0.717) is 27.8 Å². The van der Waals surface area contributed by atoms with Crippen molar-refractivity contribution in [2.75, 3.05) is 18.2 Å².